The van der Waals surface area contributed by atoms with E-state index in [4.69, 9.17) is 9.26 Å². The summed E-state index contributed by atoms with van der Waals surface area (Å²) in [4.78, 5) is 12.6. The molecule has 0 aliphatic carbocycles. The lowest BCUT2D eigenvalue weighted by Gasteiger charge is -2.10. The molecule has 0 aliphatic heterocycles. The third-order valence-electron chi connectivity index (χ3n) is 4.10. The number of aromatic nitrogens is 1. The van der Waals surface area contributed by atoms with Gasteiger partial charge in [-0.25, -0.2) is 0 Å². The highest BCUT2D eigenvalue weighted by Gasteiger charge is 2.12. The van der Waals surface area contributed by atoms with Gasteiger partial charge in [0.25, 0.3) is 5.91 Å². The van der Waals surface area contributed by atoms with Crippen molar-refractivity contribution < 1.29 is 14.1 Å². The fourth-order valence-corrected chi connectivity index (χ4v) is 3.20. The topological polar surface area (TPSA) is 64.4 Å². The van der Waals surface area contributed by atoms with Crippen molar-refractivity contribution in [3.05, 3.63) is 74.2 Å². The molecule has 0 saturated carbocycles. The first-order valence-corrected chi connectivity index (χ1v) is 9.24. The molecule has 1 N–H and O–H groups in total. The summed E-state index contributed by atoms with van der Waals surface area (Å²) in [5.74, 6) is 1.19. The monoisotopic (exact) mass is 462 g/mol. The largest absolute Gasteiger partial charge is 0.489 e. The summed E-state index contributed by atoms with van der Waals surface area (Å²) in [6, 6.07) is 13.0. The number of rotatable bonds is 5. The number of benzene rings is 2. The van der Waals surface area contributed by atoms with Gasteiger partial charge < -0.3 is 14.6 Å². The third kappa shape index (κ3) is 4.24. The van der Waals surface area contributed by atoms with Crippen molar-refractivity contribution in [1.82, 2.24) is 5.16 Å². The van der Waals surface area contributed by atoms with E-state index in [1.54, 1.807) is 18.2 Å². The smallest absolute Gasteiger partial charge is 0.255 e. The molecule has 26 heavy (non-hydrogen) atoms. The van der Waals surface area contributed by atoms with Gasteiger partial charge in [0.05, 0.1) is 11.3 Å². The number of nitrogens with zero attached hydrogens (tertiary/aromatic N) is 1. The van der Waals surface area contributed by atoms with Crippen molar-refractivity contribution in [2.75, 3.05) is 5.32 Å². The number of nitrogens with one attached hydrogen (secondary N) is 1. The molecule has 0 unspecified atom stereocenters. The van der Waals surface area contributed by atoms with Crippen LogP contribution in [0.25, 0.3) is 0 Å². The number of anilines is 1. The number of halogens is 1. The number of carbonyl (C=O) groups excluding carboxylic acids is 1. The van der Waals surface area contributed by atoms with Gasteiger partial charge in [0.1, 0.15) is 18.1 Å². The summed E-state index contributed by atoms with van der Waals surface area (Å²) in [7, 11) is 0. The Morgan fingerprint density at radius 3 is 2.69 bits per heavy atom. The van der Waals surface area contributed by atoms with E-state index >= 15 is 0 Å². The van der Waals surface area contributed by atoms with Gasteiger partial charge in [0.15, 0.2) is 0 Å². The fourth-order valence-electron chi connectivity index (χ4n) is 2.55. The molecular weight excluding hydrogens is 443 g/mol. The molecule has 2 aromatic carbocycles. The van der Waals surface area contributed by atoms with Crippen LogP contribution >= 0.6 is 22.6 Å². The maximum atomic E-state index is 12.6. The van der Waals surface area contributed by atoms with E-state index in [1.807, 2.05) is 45.0 Å². The third-order valence-corrected chi connectivity index (χ3v) is 4.77. The molecule has 1 aromatic heterocycles. The van der Waals surface area contributed by atoms with E-state index in [0.29, 0.717) is 17.9 Å². The van der Waals surface area contributed by atoms with Gasteiger partial charge in [0.2, 0.25) is 0 Å². The predicted molar refractivity (Wildman–Crippen MR) is 109 cm³/mol. The Bertz CT molecular complexity index is 930. The van der Waals surface area contributed by atoms with Gasteiger partial charge in [-0.3, -0.25) is 4.79 Å². The molecule has 6 heteroatoms. The van der Waals surface area contributed by atoms with Crippen molar-refractivity contribution >= 4 is 34.2 Å². The first-order valence-electron chi connectivity index (χ1n) is 8.16. The zero-order valence-corrected chi connectivity index (χ0v) is 17.0. The second kappa shape index (κ2) is 7.90. The Morgan fingerprint density at radius 2 is 2.00 bits per heavy atom. The van der Waals surface area contributed by atoms with Crippen LogP contribution in [0.2, 0.25) is 0 Å². The molecular formula is C20H19IN2O3. The van der Waals surface area contributed by atoms with E-state index in [-0.39, 0.29) is 5.91 Å². The SMILES string of the molecule is Cc1cc(I)ccc1NC(=O)c1cccc(OCc2c(C)noc2C)c1. The van der Waals surface area contributed by atoms with Crippen molar-refractivity contribution in [1.29, 1.82) is 0 Å². The molecule has 0 fully saturated rings. The molecule has 0 atom stereocenters. The second-order valence-electron chi connectivity index (χ2n) is 6.03. The van der Waals surface area contributed by atoms with E-state index < -0.39 is 0 Å². The molecule has 1 amide bonds. The van der Waals surface area contributed by atoms with E-state index in [2.05, 4.69) is 33.1 Å². The fraction of sp³-hybridized carbons (Fsp3) is 0.200. The zero-order valence-electron chi connectivity index (χ0n) is 14.8. The summed E-state index contributed by atoms with van der Waals surface area (Å²) in [5.41, 5.74) is 4.10. The number of amides is 1. The molecule has 0 bridgehead atoms. The highest BCUT2D eigenvalue weighted by atomic mass is 127. The van der Waals surface area contributed by atoms with Crippen LogP contribution < -0.4 is 10.1 Å². The quantitative estimate of drug-likeness (QED) is 0.540. The molecule has 0 saturated heterocycles. The van der Waals surface area contributed by atoms with Crippen LogP contribution in [0.15, 0.2) is 47.0 Å². The molecule has 3 aromatic rings. The lowest BCUT2D eigenvalue weighted by molar-refractivity contribution is 0.102. The number of ether oxygens (including phenoxy) is 1. The first kappa shape index (κ1) is 18.4. The minimum absolute atomic E-state index is 0.169. The Kier molecular flexibility index (Phi) is 5.61. The van der Waals surface area contributed by atoms with Crippen LogP contribution in [0, 0.1) is 24.3 Å². The van der Waals surface area contributed by atoms with Crippen molar-refractivity contribution in [3.63, 3.8) is 0 Å². The Hall–Kier alpha value is -2.35. The minimum atomic E-state index is -0.169. The van der Waals surface area contributed by atoms with Crippen molar-refractivity contribution in [2.45, 2.75) is 27.4 Å². The summed E-state index contributed by atoms with van der Waals surface area (Å²) < 4.78 is 12.1. The minimum Gasteiger partial charge on any atom is -0.489 e. The highest BCUT2D eigenvalue weighted by molar-refractivity contribution is 14.1. The maximum Gasteiger partial charge on any atom is 0.255 e. The summed E-state index contributed by atoms with van der Waals surface area (Å²) in [6.45, 7) is 6.05. The van der Waals surface area contributed by atoms with Crippen LogP contribution in [-0.2, 0) is 6.61 Å². The maximum absolute atomic E-state index is 12.6. The Morgan fingerprint density at radius 1 is 1.19 bits per heavy atom. The molecule has 0 radical (unpaired) electrons. The highest BCUT2D eigenvalue weighted by Crippen LogP contribution is 2.21. The van der Waals surface area contributed by atoms with Crippen LogP contribution in [0.1, 0.15) is 32.9 Å². The standard InChI is InChI=1S/C20H19IN2O3/c1-12-9-16(21)7-8-19(12)22-20(24)15-5-4-6-17(10-15)25-11-18-13(2)23-26-14(18)3/h4-10H,11H2,1-3H3,(H,22,24). The summed E-state index contributed by atoms with van der Waals surface area (Å²) in [5, 5.41) is 6.86. The average molecular weight is 462 g/mol. The molecule has 134 valence electrons. The van der Waals surface area contributed by atoms with Gasteiger partial charge in [-0.2, -0.15) is 0 Å². The number of aryl methyl sites for hydroxylation is 3. The number of hydrogen-bond donors (Lipinski definition) is 1. The lowest BCUT2D eigenvalue weighted by atomic mass is 10.1. The molecule has 0 spiro atoms. The number of carbonyl (C=O) groups is 1. The lowest BCUT2D eigenvalue weighted by Crippen LogP contribution is -2.13. The molecule has 0 aliphatic rings. The molecule has 1 heterocycles. The van der Waals surface area contributed by atoms with Gasteiger partial charge in [-0.1, -0.05) is 11.2 Å². The van der Waals surface area contributed by atoms with E-state index in [1.165, 1.54) is 0 Å². The Balaban J connectivity index is 1.71. The van der Waals surface area contributed by atoms with Crippen LogP contribution in [0.4, 0.5) is 5.69 Å². The second-order valence-corrected chi connectivity index (χ2v) is 7.28. The molecule has 3 rings (SSSR count). The normalized spacial score (nSPS) is 10.6. The zero-order chi connectivity index (χ0) is 18.7. The van der Waals surface area contributed by atoms with Crippen LogP contribution in [0.3, 0.4) is 0 Å². The molecule has 5 nitrogen and oxygen atoms in total. The number of hydrogen-bond acceptors (Lipinski definition) is 4. The van der Waals surface area contributed by atoms with Gasteiger partial charge in [-0.05, 0) is 85.3 Å². The van der Waals surface area contributed by atoms with E-state index in [9.17, 15) is 4.79 Å². The average Bonchev–Trinajstić information content (AvgIpc) is 2.94. The van der Waals surface area contributed by atoms with Gasteiger partial charge >= 0.3 is 0 Å². The van der Waals surface area contributed by atoms with Crippen molar-refractivity contribution in [3.8, 4) is 5.75 Å². The summed E-state index contributed by atoms with van der Waals surface area (Å²) >= 11 is 2.25. The first-order chi connectivity index (χ1) is 12.4. The van der Waals surface area contributed by atoms with Crippen molar-refractivity contribution in [2.24, 2.45) is 0 Å². The van der Waals surface area contributed by atoms with Gasteiger partial charge in [-0.15, -0.1) is 0 Å². The van der Waals surface area contributed by atoms with Crippen LogP contribution in [0.5, 0.6) is 5.75 Å². The Labute approximate surface area is 165 Å². The predicted octanol–water partition coefficient (Wildman–Crippen LogP) is 5.04. The van der Waals surface area contributed by atoms with Crippen LogP contribution in [-0.4, -0.2) is 11.1 Å². The summed E-state index contributed by atoms with van der Waals surface area (Å²) in [6.07, 6.45) is 0. The van der Waals surface area contributed by atoms with E-state index in [0.717, 1.165) is 31.8 Å². The van der Waals surface area contributed by atoms with Gasteiger partial charge in [0, 0.05) is 14.8 Å².